The molecule has 0 aliphatic carbocycles. The summed E-state index contributed by atoms with van der Waals surface area (Å²) < 4.78 is 0. The first-order valence-corrected chi connectivity index (χ1v) is 12.0. The Balaban J connectivity index is 0.000000422. The van der Waals surface area contributed by atoms with Gasteiger partial charge in [-0.05, 0) is 45.4 Å². The zero-order chi connectivity index (χ0) is 25.8. The van der Waals surface area contributed by atoms with Crippen molar-refractivity contribution >= 4 is 45.7 Å². The molecule has 2 heterocycles. The van der Waals surface area contributed by atoms with Gasteiger partial charge in [0.05, 0.1) is 5.76 Å². The number of fused-ring (bicyclic) bond motifs is 2. The molecule has 5 rings (SSSR count). The third-order valence-corrected chi connectivity index (χ3v) is 6.19. The Kier molecular flexibility index (Phi) is 9.29. The molecule has 1 N–H and O–H groups in total. The van der Waals surface area contributed by atoms with E-state index in [-0.39, 0.29) is 39.3 Å². The van der Waals surface area contributed by atoms with Gasteiger partial charge >= 0.3 is 0 Å². The first kappa shape index (κ1) is 28.1. The fourth-order valence-electron chi connectivity index (χ4n) is 4.86. The number of aromatic nitrogens is 1. The maximum absolute atomic E-state index is 10.0. The van der Waals surface area contributed by atoms with Crippen LogP contribution in [0.1, 0.15) is 30.5 Å². The number of benzene rings is 3. The Morgan fingerprint density at radius 3 is 2.19 bits per heavy atom. The molecule has 0 bridgehead atoms. The minimum Gasteiger partial charge on any atom is -0.512 e. The molecule has 37 heavy (non-hydrogen) atoms. The molecule has 0 atom stereocenters. The monoisotopic (exact) mass is 668 g/mol. The van der Waals surface area contributed by atoms with Crippen LogP contribution in [0.3, 0.4) is 0 Å². The average molecular weight is 668 g/mol. The van der Waals surface area contributed by atoms with Gasteiger partial charge < -0.3 is 15.0 Å². The Hall–Kier alpha value is -3.43. The summed E-state index contributed by atoms with van der Waals surface area (Å²) >= 11 is 0. The number of pyridine rings is 1. The standard InChI is InChI=1S/C26H22BN2.C5H8O2.Pt/c1-18-14-19(2)26(20(3)15-18)27-12-13-29(24-11-7-6-10-23(24)27)25-16-21-8-4-5-9-22(21)17-28-25;1-4(6)3-5(2)7;/h4-12,14-17H,1-3H3;3,6H,1-2H3;/q-1;;/b;4-3-;. The predicted octanol–water partition coefficient (Wildman–Crippen LogP) is 5.81. The molecule has 0 amide bonds. The van der Waals surface area contributed by atoms with Crippen molar-refractivity contribution in [3.63, 3.8) is 0 Å². The summed E-state index contributed by atoms with van der Waals surface area (Å²) in [6, 6.07) is 23.6. The minimum absolute atomic E-state index is 0. The van der Waals surface area contributed by atoms with Crippen molar-refractivity contribution in [3.8, 4) is 0 Å². The summed E-state index contributed by atoms with van der Waals surface area (Å²) in [5, 5.41) is 10.7. The van der Waals surface area contributed by atoms with Crippen LogP contribution in [0.4, 0.5) is 11.5 Å². The Bertz CT molecular complexity index is 1470. The van der Waals surface area contributed by atoms with Gasteiger partial charge in [-0.2, -0.15) is 0 Å². The van der Waals surface area contributed by atoms with E-state index >= 15 is 0 Å². The molecule has 4 aromatic rings. The molecular formula is C31H30BN2O2Pt-. The summed E-state index contributed by atoms with van der Waals surface area (Å²) in [5.74, 6) is 3.01. The van der Waals surface area contributed by atoms with E-state index in [2.05, 4.69) is 98.5 Å². The smallest absolute Gasteiger partial charge is 0.212 e. The third kappa shape index (κ3) is 6.47. The SMILES string of the molecule is CC(=O)/C=C(/C)O.Cc1cc(C)c(B2C=[C-]N(c3cc4ccccc4cn3)c3ccccc32)c(C)c1.[Pt]. The average Bonchev–Trinajstić information content (AvgIpc) is 2.83. The van der Waals surface area contributed by atoms with Crippen molar-refractivity contribution < 1.29 is 31.0 Å². The fourth-order valence-corrected chi connectivity index (χ4v) is 4.86. The molecule has 190 valence electrons. The van der Waals surface area contributed by atoms with Crippen LogP contribution in [0.15, 0.2) is 90.7 Å². The van der Waals surface area contributed by atoms with Crippen molar-refractivity contribution in [1.29, 1.82) is 0 Å². The number of carbonyl (C=O) groups is 1. The van der Waals surface area contributed by atoms with Gasteiger partial charge in [0.25, 0.3) is 0 Å². The first-order valence-electron chi connectivity index (χ1n) is 12.0. The van der Waals surface area contributed by atoms with Crippen LogP contribution in [0, 0.1) is 27.0 Å². The number of allylic oxidation sites excluding steroid dienone is 2. The van der Waals surface area contributed by atoms with Gasteiger partial charge in [-0.25, -0.2) is 0 Å². The maximum Gasteiger partial charge on any atom is 0.212 e. The molecule has 0 spiro atoms. The quantitative estimate of drug-likeness (QED) is 0.130. The maximum atomic E-state index is 10.0. The van der Waals surface area contributed by atoms with Crippen LogP contribution < -0.4 is 15.8 Å². The van der Waals surface area contributed by atoms with E-state index in [0.717, 1.165) is 16.9 Å². The zero-order valence-corrected chi connectivity index (χ0v) is 24.0. The van der Waals surface area contributed by atoms with Crippen LogP contribution >= 0.6 is 0 Å². The number of nitrogens with zero attached hydrogens (tertiary/aromatic N) is 2. The molecule has 6 heteroatoms. The molecule has 0 saturated carbocycles. The van der Waals surface area contributed by atoms with Crippen molar-refractivity contribution in [2.75, 3.05) is 4.90 Å². The second kappa shape index (κ2) is 12.2. The van der Waals surface area contributed by atoms with E-state index in [1.54, 1.807) is 0 Å². The van der Waals surface area contributed by atoms with Crippen LogP contribution in [0.5, 0.6) is 0 Å². The second-order valence-electron chi connectivity index (χ2n) is 9.27. The first-order chi connectivity index (χ1) is 17.2. The van der Waals surface area contributed by atoms with Crippen LogP contribution in [-0.4, -0.2) is 22.6 Å². The normalized spacial score (nSPS) is 12.4. The van der Waals surface area contributed by atoms with Crippen LogP contribution in [0.2, 0.25) is 0 Å². The number of aliphatic hydroxyl groups is 1. The predicted molar refractivity (Wildman–Crippen MR) is 151 cm³/mol. The summed E-state index contributed by atoms with van der Waals surface area (Å²) in [7, 11) is 0. The molecule has 4 nitrogen and oxygen atoms in total. The van der Waals surface area contributed by atoms with Crippen molar-refractivity contribution in [2.45, 2.75) is 34.6 Å². The van der Waals surface area contributed by atoms with Crippen LogP contribution in [-0.2, 0) is 25.9 Å². The van der Waals surface area contributed by atoms with E-state index in [0.29, 0.717) is 0 Å². The van der Waals surface area contributed by atoms with Gasteiger partial charge in [0.2, 0.25) is 6.71 Å². The summed E-state index contributed by atoms with van der Waals surface area (Å²) in [5.41, 5.74) is 7.78. The number of para-hydroxylation sites is 1. The molecule has 0 radical (unpaired) electrons. The van der Waals surface area contributed by atoms with E-state index in [9.17, 15) is 4.79 Å². The van der Waals surface area contributed by atoms with Gasteiger partial charge in [-0.3, -0.25) is 4.79 Å². The van der Waals surface area contributed by atoms with Gasteiger partial charge in [0.1, 0.15) is 0 Å². The summed E-state index contributed by atoms with van der Waals surface area (Å²) in [4.78, 5) is 16.8. The zero-order valence-electron chi connectivity index (χ0n) is 21.7. The summed E-state index contributed by atoms with van der Waals surface area (Å²) in [6.07, 6.45) is 6.63. The van der Waals surface area contributed by atoms with Crippen molar-refractivity contribution in [2.24, 2.45) is 0 Å². The topological polar surface area (TPSA) is 53.4 Å². The number of aliphatic hydroxyl groups excluding tert-OH is 1. The molecule has 0 saturated heterocycles. The molecule has 0 unspecified atom stereocenters. The fraction of sp³-hybridized carbons (Fsp3) is 0.161. The van der Waals surface area contributed by atoms with E-state index in [1.807, 2.05) is 12.3 Å². The van der Waals surface area contributed by atoms with Crippen LogP contribution in [0.25, 0.3) is 10.8 Å². The number of ketones is 1. The van der Waals surface area contributed by atoms with E-state index < -0.39 is 0 Å². The molecular weight excluding hydrogens is 638 g/mol. The minimum atomic E-state index is -0.125. The van der Waals surface area contributed by atoms with Gasteiger partial charge in [-0.15, -0.1) is 17.6 Å². The number of anilines is 2. The number of aryl methyl sites for hydroxylation is 3. The largest absolute Gasteiger partial charge is 0.512 e. The van der Waals surface area contributed by atoms with Gasteiger partial charge in [0.15, 0.2) is 5.78 Å². The molecule has 1 aliphatic heterocycles. The van der Waals surface area contributed by atoms with Crippen molar-refractivity contribution in [1.82, 2.24) is 4.98 Å². The second-order valence-corrected chi connectivity index (χ2v) is 9.27. The number of hydrogen-bond acceptors (Lipinski definition) is 4. The summed E-state index contributed by atoms with van der Waals surface area (Å²) in [6.45, 7) is 9.63. The number of rotatable bonds is 3. The Morgan fingerprint density at radius 1 is 0.946 bits per heavy atom. The van der Waals surface area contributed by atoms with E-state index in [4.69, 9.17) is 10.1 Å². The third-order valence-electron chi connectivity index (χ3n) is 6.19. The Labute approximate surface area is 234 Å². The number of hydrogen-bond donors (Lipinski definition) is 1. The van der Waals surface area contributed by atoms with Gasteiger partial charge in [-0.1, -0.05) is 94.6 Å². The van der Waals surface area contributed by atoms with E-state index in [1.165, 1.54) is 52.9 Å². The van der Waals surface area contributed by atoms with Crippen molar-refractivity contribution in [3.05, 3.63) is 114 Å². The molecule has 1 aliphatic rings. The van der Waals surface area contributed by atoms with Gasteiger partial charge in [0, 0.05) is 39.2 Å². The Morgan fingerprint density at radius 2 is 1.57 bits per heavy atom. The number of carbonyl (C=O) groups excluding carboxylic acids is 1. The molecule has 3 aromatic carbocycles. The molecule has 1 aromatic heterocycles. The molecule has 0 fully saturated rings.